The molecule has 0 saturated carbocycles. The number of likely N-dealkylation sites (tertiary alicyclic amines) is 1. The molecule has 1 aliphatic heterocycles. The predicted molar refractivity (Wildman–Crippen MR) is 55.9 cm³/mol. The van der Waals surface area contributed by atoms with Crippen molar-refractivity contribution < 1.29 is 9.32 Å². The van der Waals surface area contributed by atoms with Gasteiger partial charge in [-0.3, -0.25) is 4.79 Å². The van der Waals surface area contributed by atoms with Gasteiger partial charge in [-0.1, -0.05) is 5.16 Å². The van der Waals surface area contributed by atoms with Gasteiger partial charge in [-0.15, -0.1) is 0 Å². The van der Waals surface area contributed by atoms with Gasteiger partial charge in [-0.25, -0.2) is 0 Å². The van der Waals surface area contributed by atoms with Gasteiger partial charge in [0.15, 0.2) is 5.78 Å². The average molecular weight is 208 g/mol. The summed E-state index contributed by atoms with van der Waals surface area (Å²) in [6.45, 7) is 4.88. The molecule has 0 amide bonds. The van der Waals surface area contributed by atoms with Gasteiger partial charge in [-0.05, 0) is 25.9 Å². The minimum atomic E-state index is -0.0360. The molecule has 1 aromatic rings. The fourth-order valence-electron chi connectivity index (χ4n) is 1.87. The lowest BCUT2D eigenvalue weighted by Crippen LogP contribution is -2.21. The van der Waals surface area contributed by atoms with E-state index in [1.807, 2.05) is 0 Å². The summed E-state index contributed by atoms with van der Waals surface area (Å²) in [4.78, 5) is 13.4. The molecule has 2 heterocycles. The zero-order valence-electron chi connectivity index (χ0n) is 9.03. The van der Waals surface area contributed by atoms with E-state index in [4.69, 9.17) is 4.52 Å². The Kier molecular flexibility index (Phi) is 3.16. The molecular weight excluding hydrogens is 192 g/mol. The summed E-state index contributed by atoms with van der Waals surface area (Å²) in [5.41, 5.74) is 0.437. The second-order valence-electron chi connectivity index (χ2n) is 4.03. The maximum Gasteiger partial charge on any atom is 0.181 e. The molecule has 0 aliphatic carbocycles. The largest absolute Gasteiger partial charge is 0.361 e. The Morgan fingerprint density at radius 1 is 1.53 bits per heavy atom. The standard InChI is InChI=1S/C11H16N2O2/c1-9(14)11-8-10(15-12-11)4-7-13-5-2-3-6-13/h8H,2-7H2,1H3. The number of carbonyl (C=O) groups is 1. The average Bonchev–Trinajstić information content (AvgIpc) is 2.86. The fourth-order valence-corrected chi connectivity index (χ4v) is 1.87. The number of nitrogens with zero attached hydrogens (tertiary/aromatic N) is 2. The van der Waals surface area contributed by atoms with Gasteiger partial charge >= 0.3 is 0 Å². The van der Waals surface area contributed by atoms with Gasteiger partial charge in [0.05, 0.1) is 0 Å². The van der Waals surface area contributed by atoms with E-state index < -0.39 is 0 Å². The van der Waals surface area contributed by atoms with E-state index in [9.17, 15) is 4.79 Å². The van der Waals surface area contributed by atoms with Crippen LogP contribution in [0, 0.1) is 0 Å². The quantitative estimate of drug-likeness (QED) is 0.704. The summed E-state index contributed by atoms with van der Waals surface area (Å²) in [7, 11) is 0. The lowest BCUT2D eigenvalue weighted by molar-refractivity contribution is 0.100. The highest BCUT2D eigenvalue weighted by atomic mass is 16.5. The topological polar surface area (TPSA) is 46.3 Å². The van der Waals surface area contributed by atoms with Crippen molar-refractivity contribution in [1.82, 2.24) is 10.1 Å². The molecule has 2 rings (SSSR count). The third-order valence-corrected chi connectivity index (χ3v) is 2.79. The van der Waals surface area contributed by atoms with E-state index in [2.05, 4.69) is 10.1 Å². The van der Waals surface area contributed by atoms with Crippen molar-refractivity contribution >= 4 is 5.78 Å². The predicted octanol–water partition coefficient (Wildman–Crippen LogP) is 1.52. The summed E-state index contributed by atoms with van der Waals surface area (Å²) in [5, 5.41) is 3.72. The molecule has 0 unspecified atom stereocenters. The van der Waals surface area contributed by atoms with Crippen LogP contribution in [0.3, 0.4) is 0 Å². The monoisotopic (exact) mass is 208 g/mol. The molecule has 1 saturated heterocycles. The molecule has 4 nitrogen and oxygen atoms in total. The molecule has 1 aliphatic rings. The van der Waals surface area contributed by atoms with E-state index in [0.717, 1.165) is 18.7 Å². The van der Waals surface area contributed by atoms with Crippen LogP contribution >= 0.6 is 0 Å². The maximum absolute atomic E-state index is 11.0. The van der Waals surface area contributed by atoms with Crippen LogP contribution in [0.2, 0.25) is 0 Å². The van der Waals surface area contributed by atoms with Crippen molar-refractivity contribution in [2.24, 2.45) is 0 Å². The second-order valence-corrected chi connectivity index (χ2v) is 4.03. The molecule has 0 aromatic carbocycles. The molecular formula is C11H16N2O2. The van der Waals surface area contributed by atoms with Gasteiger partial charge in [0.25, 0.3) is 0 Å². The maximum atomic E-state index is 11.0. The van der Waals surface area contributed by atoms with Crippen LogP contribution in [0.15, 0.2) is 10.6 Å². The van der Waals surface area contributed by atoms with E-state index in [1.54, 1.807) is 6.07 Å². The van der Waals surface area contributed by atoms with Crippen molar-refractivity contribution in [3.8, 4) is 0 Å². The third kappa shape index (κ3) is 2.65. The lowest BCUT2D eigenvalue weighted by Gasteiger charge is -2.12. The van der Waals surface area contributed by atoms with Crippen LogP contribution in [0.5, 0.6) is 0 Å². The molecule has 0 radical (unpaired) electrons. The number of hydrogen-bond donors (Lipinski definition) is 0. The van der Waals surface area contributed by atoms with Crippen LogP contribution in [-0.4, -0.2) is 35.5 Å². The lowest BCUT2D eigenvalue weighted by atomic mass is 10.2. The molecule has 0 atom stereocenters. The zero-order valence-corrected chi connectivity index (χ0v) is 9.03. The number of ketones is 1. The summed E-state index contributed by atoms with van der Waals surface area (Å²) in [6.07, 6.45) is 3.45. The van der Waals surface area contributed by atoms with Crippen LogP contribution in [0.25, 0.3) is 0 Å². The minimum absolute atomic E-state index is 0.0360. The molecule has 4 heteroatoms. The Balaban J connectivity index is 1.84. The van der Waals surface area contributed by atoms with Gasteiger partial charge < -0.3 is 9.42 Å². The third-order valence-electron chi connectivity index (χ3n) is 2.79. The van der Waals surface area contributed by atoms with E-state index in [1.165, 1.54) is 32.9 Å². The number of aromatic nitrogens is 1. The number of Topliss-reactive ketones (excluding diaryl/α,β-unsaturated/α-hetero) is 1. The summed E-state index contributed by atoms with van der Waals surface area (Å²) >= 11 is 0. The Labute approximate surface area is 89.2 Å². The SMILES string of the molecule is CC(=O)c1cc(CCN2CCCC2)on1. The van der Waals surface area contributed by atoms with Crippen LogP contribution in [0.4, 0.5) is 0 Å². The van der Waals surface area contributed by atoms with Crippen LogP contribution in [-0.2, 0) is 6.42 Å². The van der Waals surface area contributed by atoms with Crippen LogP contribution in [0.1, 0.15) is 36.0 Å². The molecule has 1 aromatic heterocycles. The molecule has 82 valence electrons. The highest BCUT2D eigenvalue weighted by Crippen LogP contribution is 2.10. The summed E-state index contributed by atoms with van der Waals surface area (Å²) in [5.74, 6) is 0.776. The van der Waals surface area contributed by atoms with E-state index in [-0.39, 0.29) is 5.78 Å². The van der Waals surface area contributed by atoms with Crippen molar-refractivity contribution in [3.05, 3.63) is 17.5 Å². The molecule has 0 spiro atoms. The smallest absolute Gasteiger partial charge is 0.181 e. The molecule has 15 heavy (non-hydrogen) atoms. The highest BCUT2D eigenvalue weighted by molar-refractivity contribution is 5.91. The Hall–Kier alpha value is -1.16. The first kappa shape index (κ1) is 10.4. The summed E-state index contributed by atoms with van der Waals surface area (Å²) in [6, 6.07) is 1.75. The van der Waals surface area contributed by atoms with Gasteiger partial charge in [0.1, 0.15) is 11.5 Å². The van der Waals surface area contributed by atoms with Crippen molar-refractivity contribution in [2.75, 3.05) is 19.6 Å². The van der Waals surface area contributed by atoms with Crippen molar-refractivity contribution in [2.45, 2.75) is 26.2 Å². The zero-order chi connectivity index (χ0) is 10.7. The second kappa shape index (κ2) is 4.57. The first-order valence-electron chi connectivity index (χ1n) is 5.44. The van der Waals surface area contributed by atoms with Gasteiger partial charge in [0.2, 0.25) is 0 Å². The summed E-state index contributed by atoms with van der Waals surface area (Å²) < 4.78 is 5.09. The minimum Gasteiger partial charge on any atom is -0.361 e. The first-order valence-corrected chi connectivity index (χ1v) is 5.44. The van der Waals surface area contributed by atoms with Crippen molar-refractivity contribution in [1.29, 1.82) is 0 Å². The number of carbonyl (C=O) groups excluding carboxylic acids is 1. The Morgan fingerprint density at radius 2 is 2.27 bits per heavy atom. The van der Waals surface area contributed by atoms with E-state index >= 15 is 0 Å². The first-order chi connectivity index (χ1) is 7.25. The fraction of sp³-hybridized carbons (Fsp3) is 0.636. The molecule has 1 fully saturated rings. The Morgan fingerprint density at radius 3 is 2.87 bits per heavy atom. The normalized spacial score (nSPS) is 17.1. The Bertz CT molecular complexity index is 340. The number of hydrogen-bond acceptors (Lipinski definition) is 4. The van der Waals surface area contributed by atoms with Gasteiger partial charge in [0, 0.05) is 26.0 Å². The van der Waals surface area contributed by atoms with Crippen molar-refractivity contribution in [3.63, 3.8) is 0 Å². The van der Waals surface area contributed by atoms with Crippen LogP contribution < -0.4 is 0 Å². The van der Waals surface area contributed by atoms with E-state index in [0.29, 0.717) is 5.69 Å². The van der Waals surface area contributed by atoms with Gasteiger partial charge in [-0.2, -0.15) is 0 Å². The molecule has 0 N–H and O–H groups in total. The highest BCUT2D eigenvalue weighted by Gasteiger charge is 2.13. The number of rotatable bonds is 4. The molecule has 0 bridgehead atoms.